The van der Waals surface area contributed by atoms with E-state index in [1.54, 1.807) is 0 Å². The molecule has 1 amide bonds. The fourth-order valence-corrected chi connectivity index (χ4v) is 8.11. The summed E-state index contributed by atoms with van der Waals surface area (Å²) in [7, 11) is 0. The van der Waals surface area contributed by atoms with Gasteiger partial charge in [-0.15, -0.1) is 0 Å². The topological polar surface area (TPSA) is 89.8 Å². The Hall–Kier alpha value is -0.650. The van der Waals surface area contributed by atoms with Crippen molar-refractivity contribution in [3.8, 4) is 0 Å². The van der Waals surface area contributed by atoms with Crippen LogP contribution in [-0.2, 0) is 4.79 Å². The molecule has 0 fully saturated rings. The molecule has 324 valence electrons. The van der Waals surface area contributed by atoms with E-state index in [1.807, 2.05) is 0 Å². The number of amides is 1. The van der Waals surface area contributed by atoms with E-state index >= 15 is 0 Å². The average Bonchev–Trinajstić information content (AvgIpc) is 3.16. The van der Waals surface area contributed by atoms with Crippen LogP contribution in [0.3, 0.4) is 0 Å². The SMILES string of the molecule is CCCCCCCCCCCCCCCCCCCCCCCCCC(O)CC(=O)NC(CO)C(O)CCCCCCCCCCCCCCCCCC. The average molecular weight is 766 g/mol. The molecule has 0 saturated carbocycles. The van der Waals surface area contributed by atoms with Crippen LogP contribution in [0.5, 0.6) is 0 Å². The van der Waals surface area contributed by atoms with Gasteiger partial charge in [-0.2, -0.15) is 0 Å². The molecule has 54 heavy (non-hydrogen) atoms. The predicted molar refractivity (Wildman–Crippen MR) is 236 cm³/mol. The maximum Gasteiger partial charge on any atom is 0.222 e. The summed E-state index contributed by atoms with van der Waals surface area (Å²) in [5.74, 6) is -0.276. The van der Waals surface area contributed by atoms with Gasteiger partial charge >= 0.3 is 0 Å². The van der Waals surface area contributed by atoms with Crippen LogP contribution in [0.15, 0.2) is 0 Å². The summed E-state index contributed by atoms with van der Waals surface area (Å²) in [4.78, 5) is 12.5. The first kappa shape index (κ1) is 53.4. The van der Waals surface area contributed by atoms with Gasteiger partial charge in [0.05, 0.1) is 31.3 Å². The van der Waals surface area contributed by atoms with Crippen molar-refractivity contribution in [2.24, 2.45) is 0 Å². The van der Waals surface area contributed by atoms with E-state index in [0.717, 1.165) is 25.7 Å². The van der Waals surface area contributed by atoms with Crippen LogP contribution in [0.4, 0.5) is 0 Å². The standard InChI is InChI=1S/C49H99NO4/c1-3-5-7-9-11-13-15-17-19-21-22-23-24-25-26-27-28-30-32-34-36-38-40-42-46(52)44-49(54)50-47(45-51)48(53)43-41-39-37-35-33-31-29-20-18-16-14-12-10-8-6-4-2/h46-48,51-53H,3-45H2,1-2H3,(H,50,54). The Morgan fingerprint density at radius 3 is 0.889 bits per heavy atom. The smallest absolute Gasteiger partial charge is 0.222 e. The van der Waals surface area contributed by atoms with Crippen LogP contribution in [0.2, 0.25) is 0 Å². The molecule has 3 atom stereocenters. The van der Waals surface area contributed by atoms with Crippen LogP contribution in [-0.4, -0.2) is 46.1 Å². The third-order valence-electron chi connectivity index (χ3n) is 11.9. The van der Waals surface area contributed by atoms with Crippen molar-refractivity contribution in [2.75, 3.05) is 6.61 Å². The zero-order valence-electron chi connectivity index (χ0n) is 36.9. The largest absolute Gasteiger partial charge is 0.394 e. The van der Waals surface area contributed by atoms with E-state index in [9.17, 15) is 20.1 Å². The summed E-state index contributed by atoms with van der Waals surface area (Å²) in [5, 5.41) is 33.5. The van der Waals surface area contributed by atoms with Crippen molar-refractivity contribution in [2.45, 2.75) is 302 Å². The number of aliphatic hydroxyl groups is 3. The predicted octanol–water partition coefficient (Wildman–Crippen LogP) is 14.6. The monoisotopic (exact) mass is 766 g/mol. The van der Waals surface area contributed by atoms with Gasteiger partial charge in [0.15, 0.2) is 0 Å². The number of hydrogen-bond acceptors (Lipinski definition) is 4. The molecule has 5 nitrogen and oxygen atoms in total. The highest BCUT2D eigenvalue weighted by Crippen LogP contribution is 2.18. The quantitative estimate of drug-likeness (QED) is 0.0465. The third kappa shape index (κ3) is 41.0. The maximum atomic E-state index is 12.5. The molecule has 3 unspecified atom stereocenters. The number of aliphatic hydroxyl groups excluding tert-OH is 3. The Morgan fingerprint density at radius 2 is 0.630 bits per heavy atom. The van der Waals surface area contributed by atoms with Gasteiger partial charge in [0.2, 0.25) is 5.91 Å². The number of carbonyl (C=O) groups excluding carboxylic acids is 1. The van der Waals surface area contributed by atoms with Crippen molar-refractivity contribution in [3.05, 3.63) is 0 Å². The summed E-state index contributed by atoms with van der Waals surface area (Å²) < 4.78 is 0. The number of hydrogen-bond donors (Lipinski definition) is 4. The highest BCUT2D eigenvalue weighted by Gasteiger charge is 2.21. The highest BCUT2D eigenvalue weighted by molar-refractivity contribution is 5.76. The van der Waals surface area contributed by atoms with E-state index in [-0.39, 0.29) is 18.9 Å². The van der Waals surface area contributed by atoms with Crippen LogP contribution < -0.4 is 5.32 Å². The van der Waals surface area contributed by atoms with E-state index < -0.39 is 18.2 Å². The summed E-state index contributed by atoms with van der Waals surface area (Å²) in [6, 6.07) is -0.653. The second kappa shape index (κ2) is 45.1. The van der Waals surface area contributed by atoms with Crippen LogP contribution in [0, 0.1) is 0 Å². The maximum absolute atomic E-state index is 12.5. The summed E-state index contributed by atoms with van der Waals surface area (Å²) in [6.45, 7) is 4.29. The molecule has 5 heteroatoms. The Bertz CT molecular complexity index is 718. The van der Waals surface area contributed by atoms with E-state index in [4.69, 9.17) is 0 Å². The van der Waals surface area contributed by atoms with Gasteiger partial charge in [-0.3, -0.25) is 4.79 Å². The second-order valence-corrected chi connectivity index (χ2v) is 17.4. The van der Waals surface area contributed by atoms with Crippen molar-refractivity contribution >= 4 is 5.91 Å². The van der Waals surface area contributed by atoms with Crippen LogP contribution in [0.25, 0.3) is 0 Å². The van der Waals surface area contributed by atoms with Gasteiger partial charge in [-0.1, -0.05) is 264 Å². The van der Waals surface area contributed by atoms with Crippen molar-refractivity contribution in [3.63, 3.8) is 0 Å². The zero-order valence-corrected chi connectivity index (χ0v) is 36.9. The first-order valence-corrected chi connectivity index (χ1v) is 24.8. The molecular weight excluding hydrogens is 667 g/mol. The number of nitrogens with one attached hydrogen (secondary N) is 1. The Balaban J connectivity index is 3.52. The summed E-state index contributed by atoms with van der Waals surface area (Å²) in [6.07, 6.45) is 52.3. The molecular formula is C49H99NO4. The summed E-state index contributed by atoms with van der Waals surface area (Å²) in [5.41, 5.74) is 0. The number of carbonyl (C=O) groups is 1. The third-order valence-corrected chi connectivity index (χ3v) is 11.9. The van der Waals surface area contributed by atoms with Crippen molar-refractivity contribution in [1.82, 2.24) is 5.32 Å². The van der Waals surface area contributed by atoms with Crippen molar-refractivity contribution < 1.29 is 20.1 Å². The van der Waals surface area contributed by atoms with Gasteiger partial charge < -0.3 is 20.6 Å². The highest BCUT2D eigenvalue weighted by atomic mass is 16.3. The molecule has 0 aromatic heterocycles. The lowest BCUT2D eigenvalue weighted by molar-refractivity contribution is -0.125. The molecule has 0 saturated heterocycles. The minimum Gasteiger partial charge on any atom is -0.394 e. The lowest BCUT2D eigenvalue weighted by atomic mass is 10.0. The second-order valence-electron chi connectivity index (χ2n) is 17.4. The van der Waals surface area contributed by atoms with Crippen LogP contribution >= 0.6 is 0 Å². The molecule has 0 radical (unpaired) electrons. The Morgan fingerprint density at radius 1 is 0.389 bits per heavy atom. The Labute approximate surface area is 338 Å². The zero-order chi connectivity index (χ0) is 39.4. The lowest BCUT2D eigenvalue weighted by Crippen LogP contribution is -2.46. The minimum atomic E-state index is -0.744. The normalized spacial score (nSPS) is 13.4. The fourth-order valence-electron chi connectivity index (χ4n) is 8.11. The molecule has 0 heterocycles. The summed E-state index contributed by atoms with van der Waals surface area (Å²) >= 11 is 0. The van der Waals surface area contributed by atoms with Gasteiger partial charge in [-0.25, -0.2) is 0 Å². The molecule has 4 N–H and O–H groups in total. The molecule has 0 aromatic rings. The number of rotatable bonds is 46. The fraction of sp³-hybridized carbons (Fsp3) is 0.980. The molecule has 0 aliphatic heterocycles. The molecule has 0 spiro atoms. The molecule has 0 aliphatic carbocycles. The van der Waals surface area contributed by atoms with E-state index in [1.165, 1.54) is 225 Å². The first-order valence-electron chi connectivity index (χ1n) is 24.8. The molecule has 0 aromatic carbocycles. The van der Waals surface area contributed by atoms with Gasteiger partial charge in [0.1, 0.15) is 0 Å². The van der Waals surface area contributed by atoms with Crippen molar-refractivity contribution in [1.29, 1.82) is 0 Å². The lowest BCUT2D eigenvalue weighted by Gasteiger charge is -2.23. The van der Waals surface area contributed by atoms with Gasteiger partial charge in [-0.05, 0) is 12.8 Å². The number of unbranched alkanes of at least 4 members (excludes halogenated alkanes) is 37. The van der Waals surface area contributed by atoms with Crippen LogP contribution in [0.1, 0.15) is 284 Å². The minimum absolute atomic E-state index is 0.0432. The van der Waals surface area contributed by atoms with Gasteiger partial charge in [0, 0.05) is 0 Å². The molecule has 0 aliphatic rings. The van der Waals surface area contributed by atoms with E-state index in [0.29, 0.717) is 12.8 Å². The van der Waals surface area contributed by atoms with E-state index in [2.05, 4.69) is 19.2 Å². The molecule has 0 bridgehead atoms. The van der Waals surface area contributed by atoms with Gasteiger partial charge in [0.25, 0.3) is 0 Å². The molecule has 0 rings (SSSR count). The first-order chi connectivity index (χ1) is 26.5. The Kier molecular flexibility index (Phi) is 44.5.